The Morgan fingerprint density at radius 1 is 1.26 bits per heavy atom. The Morgan fingerprint density at radius 3 is 2.84 bits per heavy atom. The summed E-state index contributed by atoms with van der Waals surface area (Å²) < 4.78 is 0. The van der Waals surface area contributed by atoms with Crippen LogP contribution in [0, 0.1) is 0 Å². The molecule has 104 valence electrons. The smallest absolute Gasteiger partial charge is 0.158 e. The van der Waals surface area contributed by atoms with E-state index in [1.54, 1.807) is 6.20 Å². The van der Waals surface area contributed by atoms with Crippen LogP contribution in [0.25, 0.3) is 0 Å². The van der Waals surface area contributed by atoms with Crippen molar-refractivity contribution in [3.63, 3.8) is 0 Å². The van der Waals surface area contributed by atoms with Crippen LogP contribution in [0.15, 0.2) is 12.4 Å². The molecule has 19 heavy (non-hydrogen) atoms. The monoisotopic (exact) mass is 262 g/mol. The minimum absolute atomic E-state index is 0.610. The average molecular weight is 262 g/mol. The lowest BCUT2D eigenvalue weighted by Crippen LogP contribution is -2.36. The van der Waals surface area contributed by atoms with Gasteiger partial charge >= 0.3 is 0 Å². The van der Waals surface area contributed by atoms with Crippen molar-refractivity contribution in [1.29, 1.82) is 0 Å². The maximum atomic E-state index is 5.29. The molecule has 6 heteroatoms. The molecule has 2 unspecified atom stereocenters. The van der Waals surface area contributed by atoms with E-state index in [9.17, 15) is 0 Å². The molecule has 2 fully saturated rings. The van der Waals surface area contributed by atoms with Crippen LogP contribution in [0.5, 0.6) is 0 Å². The molecular weight excluding hydrogens is 240 g/mol. The quantitative estimate of drug-likeness (QED) is 0.608. The highest BCUT2D eigenvalue weighted by Gasteiger charge is 2.34. The summed E-state index contributed by atoms with van der Waals surface area (Å²) >= 11 is 0. The Kier molecular flexibility index (Phi) is 3.63. The number of hydrogen-bond acceptors (Lipinski definition) is 6. The Hall–Kier alpha value is -1.24. The van der Waals surface area contributed by atoms with Crippen molar-refractivity contribution in [2.75, 3.05) is 25.6 Å². The van der Waals surface area contributed by atoms with Gasteiger partial charge in [-0.15, -0.1) is 0 Å². The first-order valence-electron chi connectivity index (χ1n) is 6.98. The molecule has 0 spiro atoms. The minimum Gasteiger partial charge on any atom is -0.307 e. The highest BCUT2D eigenvalue weighted by molar-refractivity contribution is 5.28. The van der Waals surface area contributed by atoms with E-state index in [0.717, 1.165) is 31.4 Å². The van der Waals surface area contributed by atoms with Crippen LogP contribution in [-0.4, -0.2) is 52.0 Å². The second-order valence-electron chi connectivity index (χ2n) is 5.61. The summed E-state index contributed by atoms with van der Waals surface area (Å²) in [6.45, 7) is 3.19. The average Bonchev–Trinajstić information content (AvgIpc) is 2.68. The molecule has 2 aliphatic rings. The van der Waals surface area contributed by atoms with Crippen molar-refractivity contribution in [3.8, 4) is 0 Å². The van der Waals surface area contributed by atoms with Crippen LogP contribution in [0.4, 0.5) is 5.82 Å². The molecule has 2 bridgehead atoms. The Labute approximate surface area is 114 Å². The molecular formula is C13H22N6. The summed E-state index contributed by atoms with van der Waals surface area (Å²) in [5.41, 5.74) is 3.52. The summed E-state index contributed by atoms with van der Waals surface area (Å²) in [4.78, 5) is 13.7. The number of nitrogens with two attached hydrogens (primary N) is 1. The van der Waals surface area contributed by atoms with Crippen molar-refractivity contribution in [2.24, 2.45) is 5.84 Å². The van der Waals surface area contributed by atoms with Crippen molar-refractivity contribution in [2.45, 2.75) is 37.9 Å². The van der Waals surface area contributed by atoms with Gasteiger partial charge in [0.1, 0.15) is 0 Å². The van der Waals surface area contributed by atoms with E-state index in [4.69, 9.17) is 5.84 Å². The van der Waals surface area contributed by atoms with Crippen molar-refractivity contribution >= 4 is 5.82 Å². The molecule has 0 aliphatic carbocycles. The third-order valence-electron chi connectivity index (χ3n) is 4.47. The SMILES string of the molecule is CN1C2CCC1CN(Cc1cnc(NN)cn1)CC2. The molecule has 3 heterocycles. The number of nitrogens with zero attached hydrogens (tertiary/aromatic N) is 4. The van der Waals surface area contributed by atoms with Crippen LogP contribution in [-0.2, 0) is 6.54 Å². The van der Waals surface area contributed by atoms with Crippen LogP contribution in [0.1, 0.15) is 25.0 Å². The van der Waals surface area contributed by atoms with E-state index in [0.29, 0.717) is 11.9 Å². The number of hydrogen-bond donors (Lipinski definition) is 2. The van der Waals surface area contributed by atoms with Gasteiger partial charge in [0.2, 0.25) is 0 Å². The van der Waals surface area contributed by atoms with Crippen LogP contribution in [0.3, 0.4) is 0 Å². The summed E-state index contributed by atoms with van der Waals surface area (Å²) in [5, 5.41) is 0. The lowest BCUT2D eigenvalue weighted by molar-refractivity contribution is 0.213. The van der Waals surface area contributed by atoms with Gasteiger partial charge in [0, 0.05) is 31.7 Å². The van der Waals surface area contributed by atoms with Gasteiger partial charge in [-0.3, -0.25) is 14.8 Å². The minimum atomic E-state index is 0.610. The number of fused-ring (bicyclic) bond motifs is 2. The fourth-order valence-corrected chi connectivity index (χ4v) is 3.26. The standard InChI is InChI=1S/C13H22N6/c1-18-11-2-3-12(18)9-19(5-4-11)8-10-6-16-13(17-14)7-15-10/h6-7,11-12H,2-5,8-9,14H2,1H3,(H,16,17). The summed E-state index contributed by atoms with van der Waals surface area (Å²) in [7, 11) is 2.27. The van der Waals surface area contributed by atoms with Crippen molar-refractivity contribution in [3.05, 3.63) is 18.1 Å². The molecule has 0 saturated carbocycles. The zero-order chi connectivity index (χ0) is 13.2. The number of nitrogens with one attached hydrogen (secondary N) is 1. The second-order valence-corrected chi connectivity index (χ2v) is 5.61. The fourth-order valence-electron chi connectivity index (χ4n) is 3.26. The number of nitrogen functional groups attached to an aromatic ring is 1. The van der Waals surface area contributed by atoms with E-state index in [-0.39, 0.29) is 0 Å². The molecule has 2 atom stereocenters. The Morgan fingerprint density at radius 2 is 2.11 bits per heavy atom. The molecule has 0 radical (unpaired) electrons. The van der Waals surface area contributed by atoms with Crippen molar-refractivity contribution < 1.29 is 0 Å². The van der Waals surface area contributed by atoms with Crippen LogP contribution in [0.2, 0.25) is 0 Å². The lowest BCUT2D eigenvalue weighted by Gasteiger charge is -2.25. The van der Waals surface area contributed by atoms with Gasteiger partial charge < -0.3 is 5.43 Å². The number of anilines is 1. The molecule has 2 saturated heterocycles. The largest absolute Gasteiger partial charge is 0.307 e. The number of rotatable bonds is 3. The molecule has 0 aromatic carbocycles. The molecule has 3 rings (SSSR count). The van der Waals surface area contributed by atoms with Gasteiger partial charge in [-0.05, 0) is 26.3 Å². The first kappa shape index (κ1) is 12.8. The van der Waals surface area contributed by atoms with E-state index >= 15 is 0 Å². The molecule has 1 aromatic heterocycles. The normalized spacial score (nSPS) is 28.3. The Bertz CT molecular complexity index is 420. The van der Waals surface area contributed by atoms with E-state index < -0.39 is 0 Å². The third kappa shape index (κ3) is 2.70. The molecule has 3 N–H and O–H groups in total. The van der Waals surface area contributed by atoms with Gasteiger partial charge in [0.05, 0.1) is 18.1 Å². The summed E-state index contributed by atoms with van der Waals surface area (Å²) in [6.07, 6.45) is 7.46. The molecule has 2 aliphatic heterocycles. The van der Waals surface area contributed by atoms with E-state index in [1.807, 2.05) is 6.20 Å². The predicted molar refractivity (Wildman–Crippen MR) is 74.3 cm³/mol. The number of likely N-dealkylation sites (tertiary alicyclic amines) is 1. The predicted octanol–water partition coefficient (Wildman–Crippen LogP) is 0.431. The van der Waals surface area contributed by atoms with Gasteiger partial charge in [-0.25, -0.2) is 10.8 Å². The van der Waals surface area contributed by atoms with Gasteiger partial charge in [-0.2, -0.15) is 0 Å². The maximum absolute atomic E-state index is 5.29. The molecule has 1 aromatic rings. The first-order valence-corrected chi connectivity index (χ1v) is 6.98. The first-order chi connectivity index (χ1) is 9.26. The van der Waals surface area contributed by atoms with Gasteiger partial charge in [0.15, 0.2) is 5.82 Å². The van der Waals surface area contributed by atoms with Crippen LogP contribution < -0.4 is 11.3 Å². The number of likely N-dealkylation sites (N-methyl/N-ethyl adjacent to an activating group) is 1. The second kappa shape index (κ2) is 5.40. The van der Waals surface area contributed by atoms with E-state index in [1.165, 1.54) is 19.3 Å². The number of aromatic nitrogens is 2. The zero-order valence-electron chi connectivity index (χ0n) is 11.4. The number of hydrazine groups is 1. The fraction of sp³-hybridized carbons (Fsp3) is 0.692. The molecule has 0 amide bonds. The van der Waals surface area contributed by atoms with Crippen LogP contribution >= 0.6 is 0 Å². The van der Waals surface area contributed by atoms with Gasteiger partial charge in [-0.1, -0.05) is 0 Å². The topological polar surface area (TPSA) is 70.3 Å². The summed E-state index contributed by atoms with van der Waals surface area (Å²) in [6, 6.07) is 1.50. The van der Waals surface area contributed by atoms with Gasteiger partial charge in [0.25, 0.3) is 0 Å². The maximum Gasteiger partial charge on any atom is 0.158 e. The van der Waals surface area contributed by atoms with Crippen molar-refractivity contribution in [1.82, 2.24) is 19.8 Å². The third-order valence-corrected chi connectivity index (χ3v) is 4.47. The Balaban J connectivity index is 1.63. The highest BCUT2D eigenvalue weighted by atomic mass is 15.3. The molecule has 6 nitrogen and oxygen atoms in total. The lowest BCUT2D eigenvalue weighted by atomic mass is 10.1. The van der Waals surface area contributed by atoms with E-state index in [2.05, 4.69) is 32.2 Å². The summed E-state index contributed by atoms with van der Waals surface area (Å²) in [5.74, 6) is 5.90. The highest BCUT2D eigenvalue weighted by Crippen LogP contribution is 2.28. The zero-order valence-corrected chi connectivity index (χ0v) is 11.4.